The Balaban J connectivity index is 2.94. The summed E-state index contributed by atoms with van der Waals surface area (Å²) in [4.78, 5) is 2.41. The minimum atomic E-state index is 0.508. The second kappa shape index (κ2) is 6.08. The zero-order valence-electron chi connectivity index (χ0n) is 11.2. The number of nitrogens with zero attached hydrogens (tertiary/aromatic N) is 1. The van der Waals surface area contributed by atoms with Crippen LogP contribution in [0.25, 0.3) is 0 Å². The van der Waals surface area contributed by atoms with Gasteiger partial charge in [-0.25, -0.2) is 0 Å². The summed E-state index contributed by atoms with van der Waals surface area (Å²) < 4.78 is 0. The summed E-state index contributed by atoms with van der Waals surface area (Å²) in [5.74, 6) is 0. The maximum Gasteiger partial charge on any atom is 0.0453 e. The van der Waals surface area contributed by atoms with Gasteiger partial charge in [0.25, 0.3) is 0 Å². The van der Waals surface area contributed by atoms with Crippen LogP contribution < -0.4 is 0 Å². The topological polar surface area (TPSA) is 3.24 Å². The van der Waals surface area contributed by atoms with Crippen LogP contribution in [0.2, 0.25) is 10.0 Å². The fourth-order valence-corrected chi connectivity index (χ4v) is 2.49. The summed E-state index contributed by atoms with van der Waals surface area (Å²) in [6.45, 7) is 11.6. The molecule has 0 saturated heterocycles. The maximum absolute atomic E-state index is 6.16. The van der Waals surface area contributed by atoms with Crippen molar-refractivity contribution in [2.24, 2.45) is 0 Å². The van der Waals surface area contributed by atoms with Gasteiger partial charge in [-0.05, 0) is 57.9 Å². The summed E-state index contributed by atoms with van der Waals surface area (Å²) in [6.07, 6.45) is 0. The van der Waals surface area contributed by atoms with E-state index in [-0.39, 0.29) is 0 Å². The van der Waals surface area contributed by atoms with Crippen LogP contribution >= 0.6 is 23.2 Å². The summed E-state index contributed by atoms with van der Waals surface area (Å²) in [7, 11) is 0. The lowest BCUT2D eigenvalue weighted by atomic mass is 10.1. The van der Waals surface area contributed by atoms with E-state index in [1.165, 1.54) is 5.56 Å². The molecule has 17 heavy (non-hydrogen) atoms. The van der Waals surface area contributed by atoms with Crippen LogP contribution in [-0.4, -0.2) is 17.0 Å². The smallest absolute Gasteiger partial charge is 0.0453 e. The normalized spacial score (nSPS) is 11.9. The first-order valence-corrected chi connectivity index (χ1v) is 6.78. The van der Waals surface area contributed by atoms with Gasteiger partial charge >= 0.3 is 0 Å². The molecule has 0 unspecified atom stereocenters. The molecule has 1 aromatic rings. The highest BCUT2D eigenvalue weighted by Crippen LogP contribution is 2.26. The van der Waals surface area contributed by atoms with Gasteiger partial charge in [0.2, 0.25) is 0 Å². The molecule has 0 aliphatic carbocycles. The van der Waals surface area contributed by atoms with Gasteiger partial charge in [-0.15, -0.1) is 0 Å². The predicted molar refractivity (Wildman–Crippen MR) is 77.0 cm³/mol. The number of hydrogen-bond donors (Lipinski definition) is 0. The van der Waals surface area contributed by atoms with E-state index in [1.807, 2.05) is 19.1 Å². The minimum absolute atomic E-state index is 0.508. The largest absolute Gasteiger partial charge is 0.294 e. The van der Waals surface area contributed by atoms with E-state index >= 15 is 0 Å². The van der Waals surface area contributed by atoms with Crippen LogP contribution in [-0.2, 0) is 6.54 Å². The molecule has 0 spiro atoms. The Labute approximate surface area is 115 Å². The van der Waals surface area contributed by atoms with Crippen LogP contribution in [0.15, 0.2) is 12.1 Å². The number of benzene rings is 1. The molecule has 0 atom stereocenters. The zero-order valence-corrected chi connectivity index (χ0v) is 12.7. The first kappa shape index (κ1) is 14.8. The molecule has 1 aromatic carbocycles. The van der Waals surface area contributed by atoms with Crippen LogP contribution in [0.4, 0.5) is 0 Å². The Morgan fingerprint density at radius 2 is 1.41 bits per heavy atom. The Morgan fingerprint density at radius 3 is 1.76 bits per heavy atom. The van der Waals surface area contributed by atoms with Gasteiger partial charge in [-0.1, -0.05) is 23.2 Å². The highest BCUT2D eigenvalue weighted by Gasteiger charge is 2.14. The molecular formula is C14H21Cl2N. The van der Waals surface area contributed by atoms with Crippen LogP contribution in [0.5, 0.6) is 0 Å². The van der Waals surface area contributed by atoms with E-state index in [0.717, 1.165) is 22.2 Å². The van der Waals surface area contributed by atoms with Crippen molar-refractivity contribution in [3.63, 3.8) is 0 Å². The van der Waals surface area contributed by atoms with E-state index < -0.39 is 0 Å². The van der Waals surface area contributed by atoms with Gasteiger partial charge in [0, 0.05) is 28.7 Å². The Morgan fingerprint density at radius 1 is 1.00 bits per heavy atom. The van der Waals surface area contributed by atoms with Gasteiger partial charge in [0.05, 0.1) is 0 Å². The predicted octanol–water partition coefficient (Wildman–Crippen LogP) is 4.92. The first-order chi connectivity index (χ1) is 7.82. The second-order valence-electron chi connectivity index (χ2n) is 5.04. The van der Waals surface area contributed by atoms with Crippen LogP contribution in [0.3, 0.4) is 0 Å². The SMILES string of the molecule is Cc1c(Cl)cc(CN(C(C)C)C(C)C)cc1Cl. The zero-order chi connectivity index (χ0) is 13.2. The molecule has 0 amide bonds. The molecule has 0 aliphatic heterocycles. The molecule has 0 fully saturated rings. The van der Waals surface area contributed by atoms with Crippen molar-refractivity contribution in [1.82, 2.24) is 4.90 Å². The molecule has 0 saturated carbocycles. The Kier molecular flexibility index (Phi) is 5.30. The first-order valence-electron chi connectivity index (χ1n) is 6.03. The van der Waals surface area contributed by atoms with E-state index in [0.29, 0.717) is 12.1 Å². The van der Waals surface area contributed by atoms with Crippen molar-refractivity contribution in [2.45, 2.75) is 53.2 Å². The average Bonchev–Trinajstić information content (AvgIpc) is 2.21. The molecule has 1 nitrogen and oxygen atoms in total. The third kappa shape index (κ3) is 3.87. The lowest BCUT2D eigenvalue weighted by Crippen LogP contribution is -2.36. The Bertz CT molecular complexity index is 355. The monoisotopic (exact) mass is 273 g/mol. The fraction of sp³-hybridized carbons (Fsp3) is 0.571. The molecule has 3 heteroatoms. The average molecular weight is 274 g/mol. The highest BCUT2D eigenvalue weighted by molar-refractivity contribution is 6.36. The van der Waals surface area contributed by atoms with Crippen molar-refractivity contribution in [3.8, 4) is 0 Å². The van der Waals surface area contributed by atoms with Crippen molar-refractivity contribution in [2.75, 3.05) is 0 Å². The molecule has 0 aromatic heterocycles. The van der Waals surface area contributed by atoms with E-state index in [9.17, 15) is 0 Å². The lowest BCUT2D eigenvalue weighted by Gasteiger charge is -2.30. The van der Waals surface area contributed by atoms with Gasteiger partial charge in [0.1, 0.15) is 0 Å². The maximum atomic E-state index is 6.16. The fourth-order valence-electron chi connectivity index (χ4n) is 1.96. The number of hydrogen-bond acceptors (Lipinski definition) is 1. The molecule has 0 heterocycles. The molecule has 0 aliphatic rings. The van der Waals surface area contributed by atoms with Gasteiger partial charge in [0.15, 0.2) is 0 Å². The second-order valence-corrected chi connectivity index (χ2v) is 5.86. The summed E-state index contributed by atoms with van der Waals surface area (Å²) in [5.41, 5.74) is 2.13. The van der Waals surface area contributed by atoms with Gasteiger partial charge in [-0.3, -0.25) is 4.90 Å². The molecule has 0 radical (unpaired) electrons. The molecular weight excluding hydrogens is 253 g/mol. The van der Waals surface area contributed by atoms with Crippen LogP contribution in [0, 0.1) is 6.92 Å². The van der Waals surface area contributed by atoms with Gasteiger partial charge < -0.3 is 0 Å². The summed E-state index contributed by atoms with van der Waals surface area (Å²) >= 11 is 12.3. The summed E-state index contributed by atoms with van der Waals surface area (Å²) in [5, 5.41) is 1.50. The number of rotatable bonds is 4. The Hall–Kier alpha value is -0.240. The molecule has 1 rings (SSSR count). The van der Waals surface area contributed by atoms with Crippen molar-refractivity contribution in [1.29, 1.82) is 0 Å². The molecule has 0 N–H and O–H groups in total. The molecule has 96 valence electrons. The highest BCUT2D eigenvalue weighted by atomic mass is 35.5. The third-order valence-electron chi connectivity index (χ3n) is 3.03. The van der Waals surface area contributed by atoms with Crippen molar-refractivity contribution >= 4 is 23.2 Å². The third-order valence-corrected chi connectivity index (χ3v) is 3.82. The minimum Gasteiger partial charge on any atom is -0.294 e. The van der Waals surface area contributed by atoms with Crippen molar-refractivity contribution < 1.29 is 0 Å². The summed E-state index contributed by atoms with van der Waals surface area (Å²) in [6, 6.07) is 5.05. The number of halogens is 2. The standard InChI is InChI=1S/C14H21Cl2N/c1-9(2)17(10(3)4)8-12-6-13(15)11(5)14(16)7-12/h6-7,9-10H,8H2,1-5H3. The van der Waals surface area contributed by atoms with Crippen molar-refractivity contribution in [3.05, 3.63) is 33.3 Å². The lowest BCUT2D eigenvalue weighted by molar-refractivity contribution is 0.166. The van der Waals surface area contributed by atoms with E-state index in [4.69, 9.17) is 23.2 Å². The quantitative estimate of drug-likeness (QED) is 0.753. The van der Waals surface area contributed by atoms with E-state index in [2.05, 4.69) is 32.6 Å². The van der Waals surface area contributed by atoms with Gasteiger partial charge in [-0.2, -0.15) is 0 Å². The van der Waals surface area contributed by atoms with Crippen LogP contribution in [0.1, 0.15) is 38.8 Å². The molecule has 0 bridgehead atoms. The van der Waals surface area contributed by atoms with E-state index in [1.54, 1.807) is 0 Å².